The molecule has 23 heavy (non-hydrogen) atoms. The number of ether oxygens (including phenoxy) is 1. The van der Waals surface area contributed by atoms with Crippen molar-refractivity contribution in [3.8, 4) is 6.07 Å². The van der Waals surface area contributed by atoms with E-state index in [4.69, 9.17) is 10.00 Å². The zero-order valence-corrected chi connectivity index (χ0v) is 13.8. The molecule has 0 amide bonds. The van der Waals surface area contributed by atoms with E-state index in [1.807, 2.05) is 0 Å². The topological polar surface area (TPSA) is 33.0 Å². The summed E-state index contributed by atoms with van der Waals surface area (Å²) < 4.78 is 33.4. The van der Waals surface area contributed by atoms with E-state index in [1.165, 1.54) is 12.1 Å². The van der Waals surface area contributed by atoms with E-state index in [0.29, 0.717) is 24.0 Å². The molecule has 0 unspecified atom stereocenters. The Balaban J connectivity index is 1.78. The van der Waals surface area contributed by atoms with Crippen molar-refractivity contribution in [2.45, 2.75) is 64.4 Å². The highest BCUT2D eigenvalue weighted by Gasteiger charge is 2.22. The smallest absolute Gasteiger partial charge is 0.176 e. The molecule has 1 saturated carbocycles. The number of rotatable bonds is 7. The van der Waals surface area contributed by atoms with Crippen LogP contribution in [0.2, 0.25) is 0 Å². The summed E-state index contributed by atoms with van der Waals surface area (Å²) in [5.41, 5.74) is 0.152. The SMILES string of the molecule is CCCCOC1CCC(CCc2ccc(C#N)c(F)c2F)CC1. The molecule has 0 bridgehead atoms. The van der Waals surface area contributed by atoms with E-state index in [0.717, 1.165) is 51.6 Å². The molecule has 126 valence electrons. The minimum absolute atomic E-state index is 0.226. The molecule has 0 radical (unpaired) electrons. The second kappa shape index (κ2) is 8.98. The van der Waals surface area contributed by atoms with Crippen LogP contribution in [0.5, 0.6) is 0 Å². The summed E-state index contributed by atoms with van der Waals surface area (Å²) in [5, 5.41) is 8.70. The highest BCUT2D eigenvalue weighted by atomic mass is 19.2. The molecule has 0 atom stereocenters. The van der Waals surface area contributed by atoms with Crippen LogP contribution in [0.3, 0.4) is 0 Å². The van der Waals surface area contributed by atoms with Gasteiger partial charge in [0.1, 0.15) is 6.07 Å². The third-order valence-electron chi connectivity index (χ3n) is 4.75. The average Bonchev–Trinajstić information content (AvgIpc) is 2.58. The third kappa shape index (κ3) is 5.00. The minimum Gasteiger partial charge on any atom is -0.378 e. The van der Waals surface area contributed by atoms with Crippen LogP contribution in [0.4, 0.5) is 8.78 Å². The van der Waals surface area contributed by atoms with E-state index in [1.54, 1.807) is 6.07 Å². The van der Waals surface area contributed by atoms with Crippen LogP contribution >= 0.6 is 0 Å². The van der Waals surface area contributed by atoms with Gasteiger partial charge in [-0.25, -0.2) is 8.78 Å². The molecule has 2 rings (SSSR count). The number of nitrogens with zero attached hydrogens (tertiary/aromatic N) is 1. The fourth-order valence-corrected chi connectivity index (χ4v) is 3.21. The maximum atomic E-state index is 13.9. The molecule has 1 aliphatic carbocycles. The van der Waals surface area contributed by atoms with E-state index < -0.39 is 11.6 Å². The second-order valence-electron chi connectivity index (χ2n) is 6.42. The maximum Gasteiger partial charge on any atom is 0.176 e. The van der Waals surface area contributed by atoms with Crippen LogP contribution < -0.4 is 0 Å². The number of benzene rings is 1. The van der Waals surface area contributed by atoms with Gasteiger partial charge in [0, 0.05) is 6.61 Å². The van der Waals surface area contributed by atoms with Crippen LogP contribution in [-0.2, 0) is 11.2 Å². The molecule has 1 aromatic rings. The Labute approximate surface area is 137 Å². The van der Waals surface area contributed by atoms with Gasteiger partial charge in [0.05, 0.1) is 11.7 Å². The normalized spacial score (nSPS) is 21.1. The fourth-order valence-electron chi connectivity index (χ4n) is 3.21. The predicted molar refractivity (Wildman–Crippen MR) is 86.0 cm³/mol. The summed E-state index contributed by atoms with van der Waals surface area (Å²) >= 11 is 0. The summed E-state index contributed by atoms with van der Waals surface area (Å²) in [6, 6.07) is 4.57. The van der Waals surface area contributed by atoms with Gasteiger partial charge in [-0.1, -0.05) is 19.4 Å². The molecular formula is C19H25F2NO. The quantitative estimate of drug-likeness (QED) is 0.651. The molecule has 4 heteroatoms. The van der Waals surface area contributed by atoms with Crippen molar-refractivity contribution in [2.75, 3.05) is 6.61 Å². The van der Waals surface area contributed by atoms with E-state index >= 15 is 0 Å². The van der Waals surface area contributed by atoms with Gasteiger partial charge in [0.25, 0.3) is 0 Å². The highest BCUT2D eigenvalue weighted by Crippen LogP contribution is 2.30. The van der Waals surface area contributed by atoms with Crippen molar-refractivity contribution in [1.82, 2.24) is 0 Å². The van der Waals surface area contributed by atoms with Crippen LogP contribution in [0.15, 0.2) is 12.1 Å². The lowest BCUT2D eigenvalue weighted by Gasteiger charge is -2.28. The number of nitriles is 1. The Hall–Kier alpha value is -1.47. The Morgan fingerprint density at radius 1 is 1.17 bits per heavy atom. The summed E-state index contributed by atoms with van der Waals surface area (Å²) in [6.45, 7) is 3.01. The van der Waals surface area contributed by atoms with E-state index in [-0.39, 0.29) is 5.56 Å². The van der Waals surface area contributed by atoms with Crippen LogP contribution in [-0.4, -0.2) is 12.7 Å². The first-order chi connectivity index (χ1) is 11.2. The standard InChI is InChI=1S/C19H25F2NO/c1-2-3-12-23-17-10-5-14(6-11-17)4-7-15-8-9-16(13-22)19(21)18(15)20/h8-9,14,17H,2-7,10-12H2,1H3. The van der Waals surface area contributed by atoms with Gasteiger partial charge >= 0.3 is 0 Å². The van der Waals surface area contributed by atoms with Gasteiger partial charge in [-0.05, 0) is 62.5 Å². The first-order valence-electron chi connectivity index (χ1n) is 8.64. The molecule has 0 aliphatic heterocycles. The largest absolute Gasteiger partial charge is 0.378 e. The Morgan fingerprint density at radius 3 is 2.57 bits per heavy atom. The van der Waals surface area contributed by atoms with Crippen molar-refractivity contribution in [1.29, 1.82) is 5.26 Å². The summed E-state index contributed by atoms with van der Waals surface area (Å²) in [6.07, 6.45) is 8.36. The zero-order valence-electron chi connectivity index (χ0n) is 13.8. The lowest BCUT2D eigenvalue weighted by atomic mass is 9.83. The highest BCUT2D eigenvalue weighted by molar-refractivity contribution is 5.34. The van der Waals surface area contributed by atoms with Crippen molar-refractivity contribution < 1.29 is 13.5 Å². The monoisotopic (exact) mass is 321 g/mol. The number of unbranched alkanes of at least 4 members (excludes halogenated alkanes) is 1. The molecule has 0 spiro atoms. The number of halogens is 2. The van der Waals surface area contributed by atoms with Crippen LogP contribution in [0.25, 0.3) is 0 Å². The van der Waals surface area contributed by atoms with Crippen LogP contribution in [0.1, 0.15) is 63.0 Å². The minimum atomic E-state index is -1.02. The van der Waals surface area contributed by atoms with Gasteiger partial charge in [-0.3, -0.25) is 0 Å². The second-order valence-corrected chi connectivity index (χ2v) is 6.42. The number of hydrogen-bond acceptors (Lipinski definition) is 2. The molecule has 0 N–H and O–H groups in total. The van der Waals surface area contributed by atoms with E-state index in [9.17, 15) is 8.78 Å². The summed E-state index contributed by atoms with van der Waals surface area (Å²) in [4.78, 5) is 0. The van der Waals surface area contributed by atoms with Crippen LogP contribution in [0, 0.1) is 28.9 Å². The molecule has 0 aromatic heterocycles. The molecule has 0 saturated heterocycles. The fraction of sp³-hybridized carbons (Fsp3) is 0.632. The van der Waals surface area contributed by atoms with E-state index in [2.05, 4.69) is 6.92 Å². The number of hydrogen-bond donors (Lipinski definition) is 0. The first-order valence-corrected chi connectivity index (χ1v) is 8.64. The van der Waals surface area contributed by atoms with Crippen molar-refractivity contribution in [3.05, 3.63) is 34.9 Å². The first kappa shape index (κ1) is 17.9. The summed E-state index contributed by atoms with van der Waals surface area (Å²) in [7, 11) is 0. The van der Waals surface area contributed by atoms with Gasteiger partial charge in [-0.2, -0.15) is 5.26 Å². The maximum absolute atomic E-state index is 13.9. The molecular weight excluding hydrogens is 296 g/mol. The average molecular weight is 321 g/mol. The van der Waals surface area contributed by atoms with Crippen molar-refractivity contribution >= 4 is 0 Å². The third-order valence-corrected chi connectivity index (χ3v) is 4.75. The van der Waals surface area contributed by atoms with Crippen molar-refractivity contribution in [2.24, 2.45) is 5.92 Å². The van der Waals surface area contributed by atoms with Gasteiger partial charge in [-0.15, -0.1) is 0 Å². The molecule has 2 nitrogen and oxygen atoms in total. The Kier molecular flexibility index (Phi) is 6.98. The Morgan fingerprint density at radius 2 is 1.91 bits per heavy atom. The van der Waals surface area contributed by atoms with Gasteiger partial charge < -0.3 is 4.74 Å². The van der Waals surface area contributed by atoms with Gasteiger partial charge in [0.15, 0.2) is 11.6 Å². The van der Waals surface area contributed by atoms with Crippen molar-refractivity contribution in [3.63, 3.8) is 0 Å². The molecule has 0 heterocycles. The molecule has 1 aromatic carbocycles. The zero-order chi connectivity index (χ0) is 16.7. The Bertz CT molecular complexity index is 545. The molecule has 1 fully saturated rings. The lowest BCUT2D eigenvalue weighted by molar-refractivity contribution is 0.0159. The van der Waals surface area contributed by atoms with Gasteiger partial charge in [0.2, 0.25) is 0 Å². The molecule has 1 aliphatic rings. The summed E-state index contributed by atoms with van der Waals surface area (Å²) in [5.74, 6) is -1.32. The predicted octanol–water partition coefficient (Wildman–Crippen LogP) is 5.14. The number of aryl methyl sites for hydroxylation is 1. The lowest BCUT2D eigenvalue weighted by Crippen LogP contribution is -2.22.